The number of para-hydroxylation sites is 4. The van der Waals surface area contributed by atoms with E-state index in [1.807, 2.05) is 170 Å². The second-order valence-corrected chi connectivity index (χ2v) is 36.1. The van der Waals surface area contributed by atoms with Gasteiger partial charge in [-0.1, -0.05) is 355 Å². The molecular weight excluding hydrogens is 1630 g/mol. The summed E-state index contributed by atoms with van der Waals surface area (Å²) in [6.45, 7) is 16.6. The van der Waals surface area contributed by atoms with Gasteiger partial charge in [-0.3, -0.25) is 20.4 Å². The van der Waals surface area contributed by atoms with Crippen LogP contribution >= 0.6 is 30.4 Å². The van der Waals surface area contributed by atoms with Crippen molar-refractivity contribution in [2.75, 3.05) is 0 Å². The van der Waals surface area contributed by atoms with Crippen molar-refractivity contribution in [1.82, 2.24) is 40.8 Å². The van der Waals surface area contributed by atoms with Gasteiger partial charge in [-0.25, -0.2) is 0 Å². The maximum atomic E-state index is 11.7. The third-order valence-electron chi connectivity index (χ3n) is 14.6. The molecule has 0 atom stereocenters. The first kappa shape index (κ1) is 98.5. The Morgan fingerprint density at radius 3 is 0.500 bits per heavy atom. The van der Waals surface area contributed by atoms with E-state index >= 15 is 0 Å². The molecule has 0 unspecified atom stereocenters. The SMILES string of the molecule is CC(C)(C)P(=O)([O-])[O-].CC(C)(C)P(=O)([O-])[O-].CC(C)(C)P(=O)([O-])[O-].CC(C)(C)P(=O)([O-])[O-].[Fe+3].[Fe+3].[Fe+3].[Fe+3].[O-]c1ccccc1-c1cc(-c2ccccc2)[nH]n1.[O-]c1ccccc1-c1cc(-c2ccccc2)[nH]n1.[O-]c1ccccc1-c1cc(-c2ccccc2)[nH]n1.[O-]c1ccccc1-c1cc(-c2ccccc2)[nH]n1. The first-order chi connectivity index (χ1) is 48.4. The minimum Gasteiger partial charge on any atom is -0.872 e. The van der Waals surface area contributed by atoms with Gasteiger partial charge in [0.05, 0.1) is 45.6 Å². The molecular formula is C76H80Fe4N8O16P4. The molecule has 0 spiro atoms. The van der Waals surface area contributed by atoms with Crippen LogP contribution in [0.1, 0.15) is 83.1 Å². The van der Waals surface area contributed by atoms with E-state index in [-0.39, 0.29) is 91.3 Å². The summed E-state index contributed by atoms with van der Waals surface area (Å²) in [5.41, 5.74) is 13.1. The molecule has 4 N–H and O–H groups in total. The van der Waals surface area contributed by atoms with Gasteiger partial charge >= 0.3 is 68.3 Å². The fourth-order valence-corrected chi connectivity index (χ4v) is 7.61. The first-order valence-corrected chi connectivity index (χ1v) is 38.1. The second kappa shape index (κ2) is 43.8. The standard InChI is InChI=1S/4C15H12N2O.4C4H11O3P.4Fe/c4*18-15-9-5-4-8-12(15)14-10-13(16-17-14)11-6-2-1-3-7-11;4*1-4(2,3)8(5,6)7;;;;/h4*1-10,18H,(H,16,17);4*1-3H3,(H2,5,6,7);;;;/q;;;;;;;;4*+3/p-12. The van der Waals surface area contributed by atoms with E-state index in [2.05, 4.69) is 40.8 Å². The predicted molar refractivity (Wildman–Crippen MR) is 385 cm³/mol. The van der Waals surface area contributed by atoms with Gasteiger partial charge in [-0.05, 0) is 89.4 Å². The van der Waals surface area contributed by atoms with Gasteiger partial charge in [0.2, 0.25) is 0 Å². The van der Waals surface area contributed by atoms with Crippen molar-refractivity contribution < 1.29 is 146 Å². The summed E-state index contributed by atoms with van der Waals surface area (Å²) in [7, 11) is -17.4. The molecule has 4 heterocycles. The quantitative estimate of drug-likeness (QED) is 0.0811. The van der Waals surface area contributed by atoms with Crippen LogP contribution in [-0.4, -0.2) is 61.4 Å². The minimum absolute atomic E-state index is 0. The topological polar surface area (TPSA) is 460 Å². The molecule has 0 bridgehead atoms. The predicted octanol–water partition coefficient (Wildman–Crippen LogP) is 10.1. The summed E-state index contributed by atoms with van der Waals surface area (Å²) in [6, 6.07) is 74.8. The molecule has 0 aliphatic rings. The van der Waals surface area contributed by atoms with E-state index in [4.69, 9.17) is 0 Å². The zero-order chi connectivity index (χ0) is 77.5. The summed E-state index contributed by atoms with van der Waals surface area (Å²) >= 11 is 0. The molecule has 0 saturated carbocycles. The van der Waals surface area contributed by atoms with Crippen LogP contribution in [0.5, 0.6) is 23.0 Å². The van der Waals surface area contributed by atoms with Gasteiger partial charge in [0.25, 0.3) is 0 Å². The molecule has 0 aliphatic heterocycles. The van der Waals surface area contributed by atoms with Crippen LogP contribution < -0.4 is 59.6 Å². The number of H-pyrrole nitrogens is 4. The van der Waals surface area contributed by atoms with E-state index in [9.17, 15) is 77.8 Å². The van der Waals surface area contributed by atoms with Gasteiger partial charge in [0.15, 0.2) is 0 Å². The number of aromatic amines is 4. The van der Waals surface area contributed by atoms with E-state index in [0.29, 0.717) is 45.0 Å². The van der Waals surface area contributed by atoms with Crippen LogP contribution in [0.25, 0.3) is 90.1 Å². The van der Waals surface area contributed by atoms with E-state index in [1.54, 1.807) is 72.8 Å². The van der Waals surface area contributed by atoms with Gasteiger partial charge in [0.1, 0.15) is 0 Å². The van der Waals surface area contributed by atoms with Gasteiger partial charge in [0, 0.05) is 0 Å². The number of hydrogen-bond acceptors (Lipinski definition) is 20. The number of nitrogens with zero attached hydrogens (tertiary/aromatic N) is 4. The van der Waals surface area contributed by atoms with E-state index < -0.39 is 51.0 Å². The number of hydrogen-bond donors (Lipinski definition) is 4. The Bertz CT molecular complexity index is 4210. The fraction of sp³-hybridized carbons (Fsp3) is 0.211. The van der Waals surface area contributed by atoms with Crippen LogP contribution in [-0.2, 0) is 86.5 Å². The average Bonchev–Trinajstić information content (AvgIpc) is 1.67. The van der Waals surface area contributed by atoms with Crippen molar-refractivity contribution in [3.63, 3.8) is 0 Å². The zero-order valence-corrected chi connectivity index (χ0v) is 68.6. The Hall–Kier alpha value is -7.52. The molecule has 0 amide bonds. The number of benzene rings is 8. The Kier molecular flexibility index (Phi) is 39.9. The molecule has 4 radical (unpaired) electrons. The van der Waals surface area contributed by atoms with Crippen molar-refractivity contribution in [3.8, 4) is 113 Å². The normalized spacial score (nSPS) is 11.1. The van der Waals surface area contributed by atoms with Crippen LogP contribution in [0, 0.1) is 0 Å². The van der Waals surface area contributed by atoms with Crippen molar-refractivity contribution in [1.29, 1.82) is 0 Å². The maximum absolute atomic E-state index is 11.7. The molecule has 24 nitrogen and oxygen atoms in total. The van der Waals surface area contributed by atoms with Crippen molar-refractivity contribution >= 4 is 30.4 Å². The Morgan fingerprint density at radius 2 is 0.370 bits per heavy atom. The monoisotopic (exact) mass is 1710 g/mol. The largest absolute Gasteiger partial charge is 3.00 e. The summed E-state index contributed by atoms with van der Waals surface area (Å²) in [5, 5.41) is 71.0. The molecule has 0 fully saturated rings. The summed E-state index contributed by atoms with van der Waals surface area (Å²) in [6.07, 6.45) is 0. The Labute approximate surface area is 671 Å². The second-order valence-electron chi connectivity index (χ2n) is 26.8. The van der Waals surface area contributed by atoms with E-state index in [1.165, 1.54) is 83.1 Å². The van der Waals surface area contributed by atoms with Crippen molar-refractivity contribution in [2.45, 2.75) is 104 Å². The minimum atomic E-state index is -4.35. The summed E-state index contributed by atoms with van der Waals surface area (Å²) in [5.74, 6) is -0.0422. The van der Waals surface area contributed by atoms with Crippen molar-refractivity contribution in [3.05, 3.63) is 243 Å². The maximum Gasteiger partial charge on any atom is 3.00 e. The van der Waals surface area contributed by atoms with Crippen LogP contribution in [0.15, 0.2) is 243 Å². The third-order valence-corrected chi connectivity index (χ3v) is 21.2. The van der Waals surface area contributed by atoms with Gasteiger partial charge in [-0.15, -0.1) is 0 Å². The molecule has 4 aromatic heterocycles. The third kappa shape index (κ3) is 31.5. The average molecular weight is 1710 g/mol. The van der Waals surface area contributed by atoms with E-state index in [0.717, 1.165) is 45.0 Å². The smallest absolute Gasteiger partial charge is 0.872 e. The van der Waals surface area contributed by atoms with Crippen LogP contribution in [0.2, 0.25) is 0 Å². The Balaban J connectivity index is 0.000000631. The zero-order valence-electron chi connectivity index (χ0n) is 60.6. The van der Waals surface area contributed by atoms with Crippen molar-refractivity contribution in [2.24, 2.45) is 0 Å². The van der Waals surface area contributed by atoms with Gasteiger partial charge < -0.3 is 77.8 Å². The molecule has 572 valence electrons. The van der Waals surface area contributed by atoms with Crippen LogP contribution in [0.4, 0.5) is 0 Å². The molecule has 12 rings (SSSR count). The molecule has 0 saturated heterocycles. The molecule has 32 heteroatoms. The molecule has 8 aromatic carbocycles. The fourth-order valence-electron chi connectivity index (χ4n) is 7.61. The molecule has 0 aliphatic carbocycles. The Morgan fingerprint density at radius 1 is 0.241 bits per heavy atom. The summed E-state index contributed by atoms with van der Waals surface area (Å²) in [4.78, 5) is 81.0. The summed E-state index contributed by atoms with van der Waals surface area (Å²) < 4.78 is 40.5. The molecule has 108 heavy (non-hydrogen) atoms. The molecule has 12 aromatic rings. The number of aromatic nitrogens is 8. The first-order valence-electron chi connectivity index (χ1n) is 32.0. The van der Waals surface area contributed by atoms with Crippen LogP contribution in [0.3, 0.4) is 0 Å². The van der Waals surface area contributed by atoms with Gasteiger partial charge in [-0.2, -0.15) is 20.4 Å². The number of rotatable bonds is 8. The number of nitrogens with one attached hydrogen (secondary N) is 4.